The monoisotopic (exact) mass is 330 g/mol. The first kappa shape index (κ1) is 18.3. The van der Waals surface area contributed by atoms with E-state index in [0.29, 0.717) is 12.3 Å². The molecule has 132 valence electrons. The molecule has 0 radical (unpaired) electrons. The summed E-state index contributed by atoms with van der Waals surface area (Å²) in [6.45, 7) is 5.72. The summed E-state index contributed by atoms with van der Waals surface area (Å²) in [5.74, 6) is 1.65. The number of nitrogens with zero attached hydrogens (tertiary/aromatic N) is 2. The number of likely N-dealkylation sites (tertiary alicyclic amines) is 1. The zero-order chi connectivity index (χ0) is 17.2. The van der Waals surface area contributed by atoms with Crippen LogP contribution in [0.25, 0.3) is 0 Å². The van der Waals surface area contributed by atoms with Crippen LogP contribution in [0.5, 0.6) is 0 Å². The Hall–Kier alpha value is -2.04. The van der Waals surface area contributed by atoms with Gasteiger partial charge < -0.3 is 15.5 Å². The third-order valence-corrected chi connectivity index (χ3v) is 4.51. The van der Waals surface area contributed by atoms with Gasteiger partial charge in [-0.15, -0.1) is 0 Å². The van der Waals surface area contributed by atoms with Crippen molar-refractivity contribution in [2.24, 2.45) is 10.9 Å². The van der Waals surface area contributed by atoms with Crippen LogP contribution in [0.3, 0.4) is 0 Å². The SMILES string of the molecule is CCNC(=NCCc1ccccc1)N1CCC(CC(=O)NC)CC1. The smallest absolute Gasteiger partial charge is 0.220 e. The Balaban J connectivity index is 1.84. The van der Waals surface area contributed by atoms with Crippen LogP contribution < -0.4 is 10.6 Å². The van der Waals surface area contributed by atoms with E-state index < -0.39 is 0 Å². The molecule has 0 spiro atoms. The zero-order valence-electron chi connectivity index (χ0n) is 14.9. The highest BCUT2D eigenvalue weighted by Gasteiger charge is 2.22. The Morgan fingerprint density at radius 1 is 1.25 bits per heavy atom. The molecule has 1 aliphatic rings. The quantitative estimate of drug-likeness (QED) is 0.620. The molecule has 1 saturated heterocycles. The van der Waals surface area contributed by atoms with Crippen molar-refractivity contribution < 1.29 is 4.79 Å². The van der Waals surface area contributed by atoms with Crippen LogP contribution in [0.2, 0.25) is 0 Å². The molecule has 0 saturated carbocycles. The Morgan fingerprint density at radius 2 is 1.96 bits per heavy atom. The van der Waals surface area contributed by atoms with Crippen molar-refractivity contribution in [3.63, 3.8) is 0 Å². The molecule has 0 aromatic heterocycles. The largest absolute Gasteiger partial charge is 0.359 e. The molecule has 1 aromatic rings. The molecule has 0 bridgehead atoms. The number of piperidine rings is 1. The molecular weight excluding hydrogens is 300 g/mol. The Bertz CT molecular complexity index is 521. The number of carbonyl (C=O) groups is 1. The van der Waals surface area contributed by atoms with Crippen molar-refractivity contribution >= 4 is 11.9 Å². The van der Waals surface area contributed by atoms with Gasteiger partial charge in [0.15, 0.2) is 5.96 Å². The fourth-order valence-corrected chi connectivity index (χ4v) is 3.07. The highest BCUT2D eigenvalue weighted by Crippen LogP contribution is 2.20. The summed E-state index contributed by atoms with van der Waals surface area (Å²) in [4.78, 5) is 18.6. The molecule has 5 heteroatoms. The van der Waals surface area contributed by atoms with Crippen molar-refractivity contribution in [1.82, 2.24) is 15.5 Å². The number of nitrogens with one attached hydrogen (secondary N) is 2. The molecule has 24 heavy (non-hydrogen) atoms. The van der Waals surface area contributed by atoms with E-state index >= 15 is 0 Å². The van der Waals surface area contributed by atoms with Gasteiger partial charge >= 0.3 is 0 Å². The summed E-state index contributed by atoms with van der Waals surface area (Å²) in [6, 6.07) is 10.5. The van der Waals surface area contributed by atoms with Gasteiger partial charge in [0.05, 0.1) is 0 Å². The highest BCUT2D eigenvalue weighted by atomic mass is 16.1. The lowest BCUT2D eigenvalue weighted by Crippen LogP contribution is -2.46. The number of rotatable bonds is 6. The summed E-state index contributed by atoms with van der Waals surface area (Å²) < 4.78 is 0. The maximum Gasteiger partial charge on any atom is 0.220 e. The maximum atomic E-state index is 11.5. The summed E-state index contributed by atoms with van der Waals surface area (Å²) in [7, 11) is 1.71. The molecule has 2 N–H and O–H groups in total. The van der Waals surface area contributed by atoms with Crippen molar-refractivity contribution in [2.45, 2.75) is 32.6 Å². The molecule has 1 aromatic carbocycles. The molecule has 0 unspecified atom stereocenters. The molecule has 1 heterocycles. The lowest BCUT2D eigenvalue weighted by Gasteiger charge is -2.34. The van der Waals surface area contributed by atoms with Crippen molar-refractivity contribution in [3.05, 3.63) is 35.9 Å². The number of hydrogen-bond donors (Lipinski definition) is 2. The predicted molar refractivity (Wildman–Crippen MR) is 99.1 cm³/mol. The molecule has 0 atom stereocenters. The highest BCUT2D eigenvalue weighted by molar-refractivity contribution is 5.80. The van der Waals surface area contributed by atoms with Crippen molar-refractivity contribution in [3.8, 4) is 0 Å². The normalized spacial score (nSPS) is 16.1. The second kappa shape index (κ2) is 9.96. The first-order valence-electron chi connectivity index (χ1n) is 9.00. The molecule has 1 fully saturated rings. The van der Waals surface area contributed by atoms with E-state index in [4.69, 9.17) is 4.99 Å². The predicted octanol–water partition coefficient (Wildman–Crippen LogP) is 2.04. The number of amides is 1. The zero-order valence-corrected chi connectivity index (χ0v) is 14.9. The first-order valence-corrected chi connectivity index (χ1v) is 9.00. The van der Waals surface area contributed by atoms with Gasteiger partial charge in [-0.1, -0.05) is 30.3 Å². The minimum Gasteiger partial charge on any atom is -0.359 e. The topological polar surface area (TPSA) is 56.7 Å². The molecule has 0 aliphatic carbocycles. The minimum absolute atomic E-state index is 0.150. The second-order valence-corrected chi connectivity index (χ2v) is 6.28. The average Bonchev–Trinajstić information content (AvgIpc) is 2.62. The minimum atomic E-state index is 0.150. The number of carbonyl (C=O) groups excluding carboxylic acids is 1. The summed E-state index contributed by atoms with van der Waals surface area (Å²) in [5, 5.41) is 6.12. The third kappa shape index (κ3) is 5.87. The van der Waals surface area contributed by atoms with Crippen LogP contribution in [0.1, 0.15) is 31.7 Å². The second-order valence-electron chi connectivity index (χ2n) is 6.28. The molecule has 2 rings (SSSR count). The number of guanidine groups is 1. The van der Waals surface area contributed by atoms with Crippen LogP contribution in [0.4, 0.5) is 0 Å². The fraction of sp³-hybridized carbons (Fsp3) is 0.579. The van der Waals surface area contributed by atoms with E-state index in [0.717, 1.165) is 51.4 Å². The maximum absolute atomic E-state index is 11.5. The van der Waals surface area contributed by atoms with Crippen LogP contribution >= 0.6 is 0 Å². The van der Waals surface area contributed by atoms with E-state index in [2.05, 4.69) is 46.7 Å². The van der Waals surface area contributed by atoms with E-state index in [1.807, 2.05) is 6.07 Å². The average molecular weight is 330 g/mol. The van der Waals surface area contributed by atoms with Crippen LogP contribution in [0.15, 0.2) is 35.3 Å². The first-order chi connectivity index (χ1) is 11.7. The summed E-state index contributed by atoms with van der Waals surface area (Å²) in [6.07, 6.45) is 3.71. The Kier molecular flexibility index (Phi) is 7.59. The van der Waals surface area contributed by atoms with E-state index in [-0.39, 0.29) is 5.91 Å². The van der Waals surface area contributed by atoms with Gasteiger partial charge in [-0.25, -0.2) is 0 Å². The van der Waals surface area contributed by atoms with Gasteiger partial charge in [0.2, 0.25) is 5.91 Å². The van der Waals surface area contributed by atoms with Crippen molar-refractivity contribution in [1.29, 1.82) is 0 Å². The summed E-state index contributed by atoms with van der Waals surface area (Å²) in [5.41, 5.74) is 1.32. The van der Waals surface area contributed by atoms with Gasteiger partial charge in [-0.05, 0) is 37.7 Å². The number of hydrogen-bond acceptors (Lipinski definition) is 2. The van der Waals surface area contributed by atoms with E-state index in [1.165, 1.54) is 5.56 Å². The van der Waals surface area contributed by atoms with Crippen LogP contribution in [-0.4, -0.2) is 50.0 Å². The van der Waals surface area contributed by atoms with Gasteiger partial charge in [0.1, 0.15) is 0 Å². The van der Waals surface area contributed by atoms with Gasteiger partial charge in [-0.3, -0.25) is 9.79 Å². The number of aliphatic imine (C=N–C) groups is 1. The van der Waals surface area contributed by atoms with Gasteiger partial charge in [-0.2, -0.15) is 0 Å². The lowest BCUT2D eigenvalue weighted by molar-refractivity contribution is -0.121. The molecule has 5 nitrogen and oxygen atoms in total. The van der Waals surface area contributed by atoms with Crippen LogP contribution in [-0.2, 0) is 11.2 Å². The fourth-order valence-electron chi connectivity index (χ4n) is 3.07. The molecular formula is C19H30N4O. The molecule has 1 amide bonds. The Labute approximate surface area is 145 Å². The van der Waals surface area contributed by atoms with Gasteiger partial charge in [0, 0.05) is 39.6 Å². The van der Waals surface area contributed by atoms with Crippen LogP contribution in [0, 0.1) is 5.92 Å². The lowest BCUT2D eigenvalue weighted by atomic mass is 9.93. The van der Waals surface area contributed by atoms with E-state index in [1.54, 1.807) is 7.05 Å². The number of benzene rings is 1. The Morgan fingerprint density at radius 3 is 2.58 bits per heavy atom. The molecule has 1 aliphatic heterocycles. The van der Waals surface area contributed by atoms with E-state index in [9.17, 15) is 4.79 Å². The summed E-state index contributed by atoms with van der Waals surface area (Å²) >= 11 is 0. The van der Waals surface area contributed by atoms with Crippen molar-refractivity contribution in [2.75, 3.05) is 33.2 Å². The van der Waals surface area contributed by atoms with Gasteiger partial charge in [0.25, 0.3) is 0 Å². The third-order valence-electron chi connectivity index (χ3n) is 4.51. The standard InChI is InChI=1S/C19H30N4O/c1-3-21-19(22-12-9-16-7-5-4-6-8-16)23-13-10-17(11-14-23)15-18(24)20-2/h4-8,17H,3,9-15H2,1-2H3,(H,20,24)(H,21,22).